The van der Waals surface area contributed by atoms with Crippen molar-refractivity contribution in [2.24, 2.45) is 0 Å². The van der Waals surface area contributed by atoms with E-state index >= 15 is 0 Å². The molecule has 0 atom stereocenters. The number of hydrogen-bond donors (Lipinski definition) is 1. The summed E-state index contributed by atoms with van der Waals surface area (Å²) in [4.78, 5) is 26.1. The predicted octanol–water partition coefficient (Wildman–Crippen LogP) is 2.39. The minimum Gasteiger partial charge on any atom is -0.443 e. The Hall–Kier alpha value is -1.88. The Bertz CT molecular complexity index is 561. The van der Waals surface area contributed by atoms with Gasteiger partial charge >= 0.3 is 6.09 Å². The van der Waals surface area contributed by atoms with Crippen molar-refractivity contribution in [3.05, 3.63) is 29.3 Å². The van der Waals surface area contributed by atoms with E-state index in [9.17, 15) is 9.59 Å². The summed E-state index contributed by atoms with van der Waals surface area (Å²) in [6.07, 6.45) is 0.348. The summed E-state index contributed by atoms with van der Waals surface area (Å²) in [7, 11) is 1.73. The van der Waals surface area contributed by atoms with Gasteiger partial charge in [0.2, 0.25) is 0 Å². The summed E-state index contributed by atoms with van der Waals surface area (Å²) >= 11 is 0. The molecule has 1 aromatic carbocycles. The molecule has 2 rings (SSSR count). The van der Waals surface area contributed by atoms with Crippen LogP contribution in [0.1, 0.15) is 36.7 Å². The van der Waals surface area contributed by atoms with E-state index in [-0.39, 0.29) is 12.3 Å². The lowest BCUT2D eigenvalue weighted by Crippen LogP contribution is -2.36. The Morgan fingerprint density at radius 3 is 2.67 bits per heavy atom. The number of ketones is 1. The molecule has 0 saturated carbocycles. The Balaban J connectivity index is 2.33. The monoisotopic (exact) mass is 290 g/mol. The molecule has 0 bridgehead atoms. The third-order valence-corrected chi connectivity index (χ3v) is 3.25. The normalized spacial score (nSPS) is 14.0. The van der Waals surface area contributed by atoms with Gasteiger partial charge in [-0.1, -0.05) is 12.1 Å². The second-order valence-corrected chi connectivity index (χ2v) is 6.15. The zero-order valence-electron chi connectivity index (χ0n) is 13.0. The molecule has 1 aliphatic heterocycles. The van der Waals surface area contributed by atoms with E-state index in [4.69, 9.17) is 4.74 Å². The van der Waals surface area contributed by atoms with E-state index < -0.39 is 11.7 Å². The number of amides is 1. The number of nitrogens with zero attached hydrogens (tertiary/aromatic N) is 1. The molecule has 21 heavy (non-hydrogen) atoms. The topological polar surface area (TPSA) is 58.6 Å². The maximum Gasteiger partial charge on any atom is 0.414 e. The fourth-order valence-corrected chi connectivity index (χ4v) is 2.44. The average molecular weight is 290 g/mol. The van der Waals surface area contributed by atoms with Gasteiger partial charge in [-0.2, -0.15) is 0 Å². The summed E-state index contributed by atoms with van der Waals surface area (Å²) in [5, 5.41) is 2.86. The minimum atomic E-state index is -0.552. The average Bonchev–Trinajstić information content (AvgIpc) is 2.80. The van der Waals surface area contributed by atoms with Gasteiger partial charge in [0.25, 0.3) is 0 Å². The molecule has 0 unspecified atom stereocenters. The van der Waals surface area contributed by atoms with Crippen molar-refractivity contribution in [2.45, 2.75) is 32.8 Å². The molecule has 0 aromatic heterocycles. The molecule has 0 fully saturated rings. The van der Waals surface area contributed by atoms with Crippen LogP contribution < -0.4 is 10.2 Å². The fraction of sp³-hybridized carbons (Fsp3) is 0.500. The van der Waals surface area contributed by atoms with Crippen LogP contribution in [0.2, 0.25) is 0 Å². The first-order valence-corrected chi connectivity index (χ1v) is 7.13. The Kier molecular flexibility index (Phi) is 4.32. The smallest absolute Gasteiger partial charge is 0.414 e. The van der Waals surface area contributed by atoms with E-state index in [1.54, 1.807) is 18.0 Å². The predicted molar refractivity (Wildman–Crippen MR) is 82.0 cm³/mol. The zero-order valence-corrected chi connectivity index (χ0v) is 13.0. The van der Waals surface area contributed by atoms with Crippen molar-refractivity contribution in [1.82, 2.24) is 5.32 Å². The van der Waals surface area contributed by atoms with E-state index in [2.05, 4.69) is 5.32 Å². The highest BCUT2D eigenvalue weighted by Gasteiger charge is 2.32. The first-order valence-electron chi connectivity index (χ1n) is 7.13. The number of ether oxygens (including phenoxy) is 1. The van der Waals surface area contributed by atoms with Crippen LogP contribution in [0, 0.1) is 0 Å². The molecular formula is C16H22N2O3. The number of hydrogen-bond acceptors (Lipinski definition) is 4. The van der Waals surface area contributed by atoms with Gasteiger partial charge in [0.15, 0.2) is 5.78 Å². The standard InChI is InChI=1S/C16H22N2O3/c1-16(2,3)21-15(20)18-9-8-11-6-5-7-12(14(11)18)13(19)10-17-4/h5-7,17H,8-10H2,1-4H3. The number of benzene rings is 1. The van der Waals surface area contributed by atoms with E-state index in [0.717, 1.165) is 12.0 Å². The number of carbonyl (C=O) groups excluding carboxylic acids is 2. The number of nitrogens with one attached hydrogen (secondary N) is 1. The second-order valence-electron chi connectivity index (χ2n) is 6.15. The third kappa shape index (κ3) is 3.42. The number of carbonyl (C=O) groups is 2. The number of fused-ring (bicyclic) bond motifs is 1. The van der Waals surface area contributed by atoms with E-state index in [0.29, 0.717) is 17.8 Å². The zero-order chi connectivity index (χ0) is 15.6. The summed E-state index contributed by atoms with van der Waals surface area (Å²) in [6, 6.07) is 5.58. The Morgan fingerprint density at radius 1 is 1.33 bits per heavy atom. The van der Waals surface area contributed by atoms with Crippen molar-refractivity contribution < 1.29 is 14.3 Å². The molecule has 114 valence electrons. The minimum absolute atomic E-state index is 0.0233. The highest BCUT2D eigenvalue weighted by molar-refractivity contribution is 6.07. The number of para-hydroxylation sites is 1. The Morgan fingerprint density at radius 2 is 2.05 bits per heavy atom. The van der Waals surface area contributed by atoms with Gasteiger partial charge in [0, 0.05) is 12.1 Å². The van der Waals surface area contributed by atoms with E-state index in [1.807, 2.05) is 32.9 Å². The van der Waals surface area contributed by atoms with Crippen molar-refractivity contribution in [3.8, 4) is 0 Å². The maximum atomic E-state index is 12.3. The van der Waals surface area contributed by atoms with Crippen LogP contribution in [-0.4, -0.2) is 37.6 Å². The molecule has 5 nitrogen and oxygen atoms in total. The Labute approximate surface area is 125 Å². The van der Waals surface area contributed by atoms with Crippen molar-refractivity contribution in [3.63, 3.8) is 0 Å². The highest BCUT2D eigenvalue weighted by Crippen LogP contribution is 2.33. The molecular weight excluding hydrogens is 268 g/mol. The summed E-state index contributed by atoms with van der Waals surface area (Å²) < 4.78 is 5.43. The lowest BCUT2D eigenvalue weighted by molar-refractivity contribution is 0.0584. The van der Waals surface area contributed by atoms with E-state index in [1.165, 1.54) is 0 Å². The first-order chi connectivity index (χ1) is 9.83. The number of anilines is 1. The molecule has 1 amide bonds. The largest absolute Gasteiger partial charge is 0.443 e. The maximum absolute atomic E-state index is 12.3. The lowest BCUT2D eigenvalue weighted by atomic mass is 10.0. The highest BCUT2D eigenvalue weighted by atomic mass is 16.6. The van der Waals surface area contributed by atoms with Crippen molar-refractivity contribution >= 4 is 17.6 Å². The summed E-state index contributed by atoms with van der Waals surface area (Å²) in [6.45, 7) is 6.30. The molecule has 1 heterocycles. The fourth-order valence-electron chi connectivity index (χ4n) is 2.44. The van der Waals surface area contributed by atoms with Crippen molar-refractivity contribution in [1.29, 1.82) is 0 Å². The van der Waals surface area contributed by atoms with Crippen LogP contribution in [0.4, 0.5) is 10.5 Å². The van der Waals surface area contributed by atoms with Crippen LogP contribution >= 0.6 is 0 Å². The summed E-state index contributed by atoms with van der Waals surface area (Å²) in [5.41, 5.74) is 1.74. The van der Waals surface area contributed by atoms with Crippen LogP contribution in [0.25, 0.3) is 0 Å². The van der Waals surface area contributed by atoms with Crippen LogP contribution in [0.3, 0.4) is 0 Å². The van der Waals surface area contributed by atoms with Gasteiger partial charge in [-0.05, 0) is 45.9 Å². The van der Waals surface area contributed by atoms with Crippen molar-refractivity contribution in [2.75, 3.05) is 25.0 Å². The number of Topliss-reactive ketones (excluding diaryl/α,β-unsaturated/α-hetero) is 1. The van der Waals surface area contributed by atoms with Gasteiger partial charge in [-0.15, -0.1) is 0 Å². The second kappa shape index (κ2) is 5.85. The lowest BCUT2D eigenvalue weighted by Gasteiger charge is -2.25. The molecule has 0 radical (unpaired) electrons. The van der Waals surface area contributed by atoms with Gasteiger partial charge in [0.1, 0.15) is 5.60 Å². The quantitative estimate of drug-likeness (QED) is 0.868. The summed E-state index contributed by atoms with van der Waals surface area (Å²) in [5.74, 6) is -0.0233. The molecule has 1 aromatic rings. The van der Waals surface area contributed by atoms with Crippen LogP contribution in [-0.2, 0) is 11.2 Å². The van der Waals surface area contributed by atoms with Gasteiger partial charge < -0.3 is 10.1 Å². The van der Waals surface area contributed by atoms with Gasteiger partial charge in [-0.3, -0.25) is 9.69 Å². The third-order valence-electron chi connectivity index (χ3n) is 3.25. The molecule has 5 heteroatoms. The van der Waals surface area contributed by atoms with Gasteiger partial charge in [-0.25, -0.2) is 4.79 Å². The number of likely N-dealkylation sites (N-methyl/N-ethyl adjacent to an activating group) is 1. The van der Waals surface area contributed by atoms with Crippen LogP contribution in [0.15, 0.2) is 18.2 Å². The molecule has 0 spiro atoms. The molecule has 1 N–H and O–H groups in total. The van der Waals surface area contributed by atoms with Gasteiger partial charge in [0.05, 0.1) is 12.2 Å². The SMILES string of the molecule is CNCC(=O)c1cccc2c1N(C(=O)OC(C)(C)C)CC2. The van der Waals surface area contributed by atoms with Crippen LogP contribution in [0.5, 0.6) is 0 Å². The molecule has 0 aliphatic carbocycles. The molecule has 1 aliphatic rings. The number of rotatable bonds is 3. The molecule has 0 saturated heterocycles. The first kappa shape index (κ1) is 15.5.